The molecule has 2 atom stereocenters. The van der Waals surface area contributed by atoms with Crippen molar-refractivity contribution in [2.45, 2.75) is 59.5 Å². The summed E-state index contributed by atoms with van der Waals surface area (Å²) < 4.78 is 0. The van der Waals surface area contributed by atoms with Gasteiger partial charge in [0, 0.05) is 41.5 Å². The predicted molar refractivity (Wildman–Crippen MR) is 167 cm³/mol. The van der Waals surface area contributed by atoms with E-state index in [-0.39, 0.29) is 18.7 Å². The number of carboxylic acid groups (broad SMARTS) is 1. The fourth-order valence-corrected chi connectivity index (χ4v) is 3.98. The van der Waals surface area contributed by atoms with Crippen molar-refractivity contribution < 1.29 is 19.5 Å². The molecule has 0 saturated carbocycles. The summed E-state index contributed by atoms with van der Waals surface area (Å²) >= 11 is 0. The van der Waals surface area contributed by atoms with Crippen molar-refractivity contribution in [1.82, 2.24) is 20.6 Å². The van der Waals surface area contributed by atoms with Crippen LogP contribution in [0.5, 0.6) is 0 Å². The number of aliphatic carboxylic acids is 1. The van der Waals surface area contributed by atoms with E-state index in [0.29, 0.717) is 11.4 Å². The van der Waals surface area contributed by atoms with Gasteiger partial charge in [0.2, 0.25) is 5.91 Å². The molecule has 0 aliphatic rings. The van der Waals surface area contributed by atoms with Gasteiger partial charge in [0.25, 0.3) is 5.91 Å². The number of aromatic nitrogens is 2. The van der Waals surface area contributed by atoms with Crippen LogP contribution in [-0.2, 0) is 16.0 Å². The summed E-state index contributed by atoms with van der Waals surface area (Å²) in [6.45, 7) is 9.61. The van der Waals surface area contributed by atoms with E-state index in [4.69, 9.17) is 5.11 Å². The zero-order chi connectivity index (χ0) is 30.9. The standard InChI is InChI=1S/C30H28N4O4.2C2H6/c1-20(16-27(35)36)33-30(38)26(34-29(37)24-10-6-3-7-11-24)17-21-12-14-23(15-13-21)28-31-18-25(19-32-28)22-8-4-2-5-9-22;2*1-2/h2-15,18-20,26H,16-17H2,1H3,(H,33,38)(H,34,37)(H,35,36);2*1-2H3. The van der Waals surface area contributed by atoms with Crippen molar-refractivity contribution in [2.24, 2.45) is 0 Å². The molecule has 2 unspecified atom stereocenters. The van der Waals surface area contributed by atoms with E-state index in [1.54, 1.807) is 49.6 Å². The maximum absolute atomic E-state index is 13.0. The van der Waals surface area contributed by atoms with Gasteiger partial charge >= 0.3 is 5.97 Å². The molecule has 4 rings (SSSR count). The van der Waals surface area contributed by atoms with Crippen LogP contribution in [0.2, 0.25) is 0 Å². The van der Waals surface area contributed by atoms with Crippen molar-refractivity contribution in [3.05, 3.63) is 108 Å². The van der Waals surface area contributed by atoms with E-state index < -0.39 is 24.0 Å². The zero-order valence-electron chi connectivity index (χ0n) is 24.9. The molecule has 1 heterocycles. The van der Waals surface area contributed by atoms with Crippen molar-refractivity contribution in [3.8, 4) is 22.5 Å². The highest BCUT2D eigenvalue weighted by Crippen LogP contribution is 2.21. The van der Waals surface area contributed by atoms with Crippen LogP contribution in [0.15, 0.2) is 97.3 Å². The number of carbonyl (C=O) groups is 3. The molecule has 4 aromatic rings. The SMILES string of the molecule is CC.CC.CC(CC(=O)O)NC(=O)C(Cc1ccc(-c2ncc(-c3ccccc3)cn2)cc1)NC(=O)c1ccccc1. The van der Waals surface area contributed by atoms with Crippen LogP contribution in [0.1, 0.15) is 57.0 Å². The number of nitrogens with zero attached hydrogens (tertiary/aromatic N) is 2. The average molecular weight is 569 g/mol. The molecule has 0 spiro atoms. The van der Waals surface area contributed by atoms with Crippen molar-refractivity contribution in [1.29, 1.82) is 0 Å². The molecule has 3 N–H and O–H groups in total. The largest absolute Gasteiger partial charge is 0.481 e. The number of benzene rings is 3. The third-order valence-electron chi connectivity index (χ3n) is 5.94. The highest BCUT2D eigenvalue weighted by atomic mass is 16.4. The molecule has 0 radical (unpaired) electrons. The van der Waals surface area contributed by atoms with Gasteiger partial charge in [-0.1, -0.05) is 100 Å². The summed E-state index contributed by atoms with van der Waals surface area (Å²) in [5.41, 5.74) is 4.02. The van der Waals surface area contributed by atoms with Gasteiger partial charge in [-0.25, -0.2) is 9.97 Å². The van der Waals surface area contributed by atoms with Crippen LogP contribution in [0.25, 0.3) is 22.5 Å². The van der Waals surface area contributed by atoms with Gasteiger partial charge < -0.3 is 15.7 Å². The Morgan fingerprint density at radius 3 is 1.81 bits per heavy atom. The zero-order valence-corrected chi connectivity index (χ0v) is 24.9. The van der Waals surface area contributed by atoms with Crippen LogP contribution in [-0.4, -0.2) is 44.9 Å². The first-order chi connectivity index (χ1) is 20.4. The number of carbonyl (C=O) groups excluding carboxylic acids is 2. The maximum atomic E-state index is 13.0. The Hall–Kier alpha value is -4.85. The molecule has 8 heteroatoms. The van der Waals surface area contributed by atoms with Gasteiger partial charge in [0.05, 0.1) is 6.42 Å². The van der Waals surface area contributed by atoms with E-state index in [2.05, 4.69) is 20.6 Å². The van der Waals surface area contributed by atoms with Gasteiger partial charge in [-0.15, -0.1) is 0 Å². The second kappa shape index (κ2) is 17.8. The summed E-state index contributed by atoms with van der Waals surface area (Å²) in [5, 5.41) is 14.5. The van der Waals surface area contributed by atoms with Crippen LogP contribution in [0.3, 0.4) is 0 Å². The Kier molecular flexibility index (Phi) is 14.1. The topological polar surface area (TPSA) is 121 Å². The molecule has 0 bridgehead atoms. The lowest BCUT2D eigenvalue weighted by atomic mass is 10.0. The molecular formula is C34H40N4O4. The van der Waals surface area contributed by atoms with Gasteiger partial charge in [-0.3, -0.25) is 14.4 Å². The molecule has 0 fully saturated rings. The third kappa shape index (κ3) is 10.3. The Morgan fingerprint density at radius 2 is 1.26 bits per heavy atom. The Bertz CT molecular complexity index is 1380. The molecule has 42 heavy (non-hydrogen) atoms. The highest BCUT2D eigenvalue weighted by Gasteiger charge is 2.24. The number of hydrogen-bond acceptors (Lipinski definition) is 5. The molecule has 0 aliphatic carbocycles. The molecule has 220 valence electrons. The average Bonchev–Trinajstić information content (AvgIpc) is 3.03. The normalized spacial score (nSPS) is 11.4. The van der Waals surface area contributed by atoms with Crippen LogP contribution in [0.4, 0.5) is 0 Å². The minimum absolute atomic E-state index is 0.219. The molecule has 2 amide bonds. The van der Waals surface area contributed by atoms with Crippen molar-refractivity contribution >= 4 is 17.8 Å². The summed E-state index contributed by atoms with van der Waals surface area (Å²) in [4.78, 5) is 45.8. The highest BCUT2D eigenvalue weighted by molar-refractivity contribution is 5.97. The fraction of sp³-hybridized carbons (Fsp3) is 0.265. The summed E-state index contributed by atoms with van der Waals surface area (Å²) in [6.07, 6.45) is 3.56. The van der Waals surface area contributed by atoms with E-state index in [1.807, 2.05) is 82.3 Å². The summed E-state index contributed by atoms with van der Waals surface area (Å²) in [7, 11) is 0. The number of nitrogens with one attached hydrogen (secondary N) is 2. The Balaban J connectivity index is 0.00000148. The number of rotatable bonds is 10. The van der Waals surface area contributed by atoms with Crippen LogP contribution in [0, 0.1) is 0 Å². The molecule has 3 aromatic carbocycles. The third-order valence-corrected chi connectivity index (χ3v) is 5.94. The smallest absolute Gasteiger partial charge is 0.305 e. The minimum Gasteiger partial charge on any atom is -0.481 e. The predicted octanol–water partition coefficient (Wildman–Crippen LogP) is 6.18. The fourth-order valence-electron chi connectivity index (χ4n) is 3.98. The van der Waals surface area contributed by atoms with E-state index in [0.717, 1.165) is 22.3 Å². The first-order valence-electron chi connectivity index (χ1n) is 14.2. The maximum Gasteiger partial charge on any atom is 0.305 e. The lowest BCUT2D eigenvalue weighted by Crippen LogP contribution is -2.50. The molecule has 8 nitrogen and oxygen atoms in total. The van der Waals surface area contributed by atoms with Gasteiger partial charge in [0.15, 0.2) is 5.82 Å². The quantitative estimate of drug-likeness (QED) is 0.210. The Morgan fingerprint density at radius 1 is 0.714 bits per heavy atom. The second-order valence-corrected chi connectivity index (χ2v) is 8.96. The first-order valence-corrected chi connectivity index (χ1v) is 14.2. The lowest BCUT2D eigenvalue weighted by molar-refractivity contribution is -0.137. The number of amides is 2. The number of hydrogen-bond donors (Lipinski definition) is 3. The molecule has 1 aromatic heterocycles. The van der Waals surface area contributed by atoms with Gasteiger partial charge in [0.1, 0.15) is 6.04 Å². The van der Waals surface area contributed by atoms with E-state index >= 15 is 0 Å². The molecule has 0 aliphatic heterocycles. The lowest BCUT2D eigenvalue weighted by Gasteiger charge is -2.21. The van der Waals surface area contributed by atoms with Gasteiger partial charge in [-0.05, 0) is 30.2 Å². The monoisotopic (exact) mass is 568 g/mol. The minimum atomic E-state index is -1.02. The second-order valence-electron chi connectivity index (χ2n) is 8.96. The Labute approximate surface area is 248 Å². The summed E-state index contributed by atoms with van der Waals surface area (Å²) in [5.74, 6) is -1.28. The van der Waals surface area contributed by atoms with Gasteiger partial charge in [-0.2, -0.15) is 0 Å². The van der Waals surface area contributed by atoms with E-state index in [1.165, 1.54) is 0 Å². The van der Waals surface area contributed by atoms with E-state index in [9.17, 15) is 14.4 Å². The van der Waals surface area contributed by atoms with Crippen molar-refractivity contribution in [3.63, 3.8) is 0 Å². The van der Waals surface area contributed by atoms with Crippen LogP contribution >= 0.6 is 0 Å². The van der Waals surface area contributed by atoms with Crippen LogP contribution < -0.4 is 10.6 Å². The molecule has 0 saturated heterocycles. The molecular weight excluding hydrogens is 528 g/mol. The summed E-state index contributed by atoms with van der Waals surface area (Å²) in [6, 6.07) is 24.5. The number of carboxylic acids is 1. The first kappa shape index (κ1) is 33.4. The van der Waals surface area contributed by atoms with Crippen molar-refractivity contribution in [2.75, 3.05) is 0 Å².